The molecule has 0 saturated carbocycles. The molecule has 0 aliphatic rings. The van der Waals surface area contributed by atoms with Crippen LogP contribution in [-0.4, -0.2) is 9.55 Å². The number of para-hydroxylation sites is 2. The van der Waals surface area contributed by atoms with Gasteiger partial charge in [-0.15, -0.1) is 0 Å². The molecular weight excluding hydrogens is 227 g/mol. The Bertz CT molecular complexity index is 701. The zero-order valence-corrected chi connectivity index (χ0v) is 10.1. The molecule has 0 amide bonds. The number of halogens is 1. The van der Waals surface area contributed by atoms with Crippen LogP contribution in [0.2, 0.25) is 0 Å². The van der Waals surface area contributed by atoms with Crippen LogP contribution in [0.4, 0.5) is 4.39 Å². The van der Waals surface area contributed by atoms with Gasteiger partial charge in [0, 0.05) is 6.54 Å². The minimum atomic E-state index is -0.234. The highest BCUT2D eigenvalue weighted by molar-refractivity contribution is 5.80. The van der Waals surface area contributed by atoms with E-state index in [1.165, 1.54) is 6.07 Å². The van der Waals surface area contributed by atoms with E-state index in [-0.39, 0.29) is 5.82 Å². The van der Waals surface area contributed by atoms with Gasteiger partial charge in [-0.3, -0.25) is 0 Å². The van der Waals surface area contributed by atoms with E-state index in [0.717, 1.165) is 17.6 Å². The van der Waals surface area contributed by atoms with E-state index in [4.69, 9.17) is 0 Å². The summed E-state index contributed by atoms with van der Waals surface area (Å²) in [6.45, 7) is 2.81. The molecule has 18 heavy (non-hydrogen) atoms. The summed E-state index contributed by atoms with van der Waals surface area (Å²) < 4.78 is 15.9. The average molecular weight is 240 g/mol. The molecule has 0 radical (unpaired) electrons. The molecule has 90 valence electrons. The van der Waals surface area contributed by atoms with Crippen LogP contribution in [0.3, 0.4) is 0 Å². The molecule has 0 spiro atoms. The minimum absolute atomic E-state index is 0.234. The summed E-state index contributed by atoms with van der Waals surface area (Å²) in [4.78, 5) is 4.54. The molecule has 0 atom stereocenters. The van der Waals surface area contributed by atoms with Gasteiger partial charge in [0.1, 0.15) is 11.6 Å². The van der Waals surface area contributed by atoms with E-state index in [1.807, 2.05) is 41.8 Å². The number of rotatable bonds is 2. The minimum Gasteiger partial charge on any atom is -0.324 e. The number of hydrogen-bond donors (Lipinski definition) is 0. The van der Waals surface area contributed by atoms with Crippen LogP contribution in [0.15, 0.2) is 48.5 Å². The lowest BCUT2D eigenvalue weighted by Crippen LogP contribution is -1.98. The lowest BCUT2D eigenvalue weighted by molar-refractivity contribution is 0.628. The van der Waals surface area contributed by atoms with E-state index >= 15 is 0 Å². The maximum Gasteiger partial charge on any atom is 0.144 e. The van der Waals surface area contributed by atoms with Crippen molar-refractivity contribution in [3.63, 3.8) is 0 Å². The van der Waals surface area contributed by atoms with Crippen molar-refractivity contribution in [2.75, 3.05) is 0 Å². The van der Waals surface area contributed by atoms with E-state index in [2.05, 4.69) is 4.98 Å². The highest BCUT2D eigenvalue weighted by Gasteiger charge is 2.13. The number of hydrogen-bond acceptors (Lipinski definition) is 1. The van der Waals surface area contributed by atoms with Crippen LogP contribution in [0.25, 0.3) is 22.4 Å². The van der Waals surface area contributed by atoms with Crippen LogP contribution in [0.1, 0.15) is 6.92 Å². The highest BCUT2D eigenvalue weighted by Crippen LogP contribution is 2.26. The van der Waals surface area contributed by atoms with Crippen LogP contribution < -0.4 is 0 Å². The van der Waals surface area contributed by atoms with Gasteiger partial charge in [0.2, 0.25) is 0 Å². The fourth-order valence-electron chi connectivity index (χ4n) is 2.24. The zero-order chi connectivity index (χ0) is 12.5. The van der Waals surface area contributed by atoms with Crippen molar-refractivity contribution in [2.24, 2.45) is 0 Å². The Morgan fingerprint density at radius 2 is 1.78 bits per heavy atom. The first-order valence-corrected chi connectivity index (χ1v) is 6.01. The number of fused-ring (bicyclic) bond motifs is 1. The lowest BCUT2D eigenvalue weighted by atomic mass is 10.2. The number of benzene rings is 2. The Balaban J connectivity index is 2.32. The third kappa shape index (κ3) is 1.59. The number of aryl methyl sites for hydroxylation is 1. The second kappa shape index (κ2) is 4.26. The Labute approximate surface area is 105 Å². The highest BCUT2D eigenvalue weighted by atomic mass is 19.1. The Morgan fingerprint density at radius 3 is 2.56 bits per heavy atom. The second-order valence-electron chi connectivity index (χ2n) is 4.15. The molecule has 0 saturated heterocycles. The van der Waals surface area contributed by atoms with Crippen molar-refractivity contribution in [2.45, 2.75) is 13.5 Å². The molecule has 3 aromatic rings. The van der Waals surface area contributed by atoms with Gasteiger partial charge in [-0.05, 0) is 31.2 Å². The van der Waals surface area contributed by atoms with Crippen LogP contribution in [0.5, 0.6) is 0 Å². The van der Waals surface area contributed by atoms with Gasteiger partial charge in [0.15, 0.2) is 0 Å². The molecule has 0 aliphatic heterocycles. The van der Waals surface area contributed by atoms with Crippen molar-refractivity contribution < 1.29 is 4.39 Å². The molecule has 1 heterocycles. The predicted octanol–water partition coefficient (Wildman–Crippen LogP) is 3.86. The van der Waals surface area contributed by atoms with Gasteiger partial charge < -0.3 is 4.57 Å². The summed E-state index contributed by atoms with van der Waals surface area (Å²) in [5.41, 5.74) is 2.49. The number of aromatic nitrogens is 2. The maximum atomic E-state index is 13.9. The SMILES string of the molecule is CCn1c(-c2ccccc2F)nc2ccccc21. The van der Waals surface area contributed by atoms with Gasteiger partial charge in [-0.25, -0.2) is 9.37 Å². The molecule has 0 aliphatic carbocycles. The molecule has 0 bridgehead atoms. The predicted molar refractivity (Wildman–Crippen MR) is 70.8 cm³/mol. The monoisotopic (exact) mass is 240 g/mol. The molecule has 2 nitrogen and oxygen atoms in total. The molecule has 2 aromatic carbocycles. The van der Waals surface area contributed by atoms with Crippen LogP contribution >= 0.6 is 0 Å². The molecule has 0 fully saturated rings. The summed E-state index contributed by atoms with van der Waals surface area (Å²) in [7, 11) is 0. The zero-order valence-electron chi connectivity index (χ0n) is 10.1. The summed E-state index contributed by atoms with van der Waals surface area (Å²) in [5.74, 6) is 0.458. The van der Waals surface area contributed by atoms with Crippen molar-refractivity contribution in [1.29, 1.82) is 0 Å². The van der Waals surface area contributed by atoms with Crippen molar-refractivity contribution >= 4 is 11.0 Å². The summed E-state index contributed by atoms with van der Waals surface area (Å²) in [6.07, 6.45) is 0. The Kier molecular flexibility index (Phi) is 2.59. The normalized spacial score (nSPS) is 11.0. The summed E-state index contributed by atoms with van der Waals surface area (Å²) in [6, 6.07) is 14.6. The van der Waals surface area contributed by atoms with Crippen LogP contribution in [-0.2, 0) is 6.54 Å². The molecule has 0 unspecified atom stereocenters. The maximum absolute atomic E-state index is 13.9. The van der Waals surface area contributed by atoms with Gasteiger partial charge in [0.25, 0.3) is 0 Å². The van der Waals surface area contributed by atoms with Gasteiger partial charge in [-0.1, -0.05) is 24.3 Å². The number of nitrogens with zero attached hydrogens (tertiary/aromatic N) is 2. The largest absolute Gasteiger partial charge is 0.324 e. The smallest absolute Gasteiger partial charge is 0.144 e. The molecule has 3 heteroatoms. The standard InChI is InChI=1S/C15H13FN2/c1-2-18-14-10-6-5-9-13(14)17-15(18)11-7-3-4-8-12(11)16/h3-10H,2H2,1H3. The van der Waals surface area contributed by atoms with Crippen molar-refractivity contribution in [1.82, 2.24) is 9.55 Å². The summed E-state index contributed by atoms with van der Waals surface area (Å²) in [5, 5.41) is 0. The van der Waals surface area contributed by atoms with Crippen LogP contribution in [0, 0.1) is 5.82 Å². The Hall–Kier alpha value is -2.16. The average Bonchev–Trinajstić information content (AvgIpc) is 2.77. The van der Waals surface area contributed by atoms with E-state index in [0.29, 0.717) is 11.4 Å². The van der Waals surface area contributed by atoms with Gasteiger partial charge in [-0.2, -0.15) is 0 Å². The topological polar surface area (TPSA) is 17.8 Å². The lowest BCUT2D eigenvalue weighted by Gasteiger charge is -2.06. The molecule has 0 N–H and O–H groups in total. The first-order valence-electron chi connectivity index (χ1n) is 6.01. The van der Waals surface area contributed by atoms with E-state index < -0.39 is 0 Å². The molecule has 1 aromatic heterocycles. The van der Waals surface area contributed by atoms with E-state index in [1.54, 1.807) is 12.1 Å². The van der Waals surface area contributed by atoms with Gasteiger partial charge >= 0.3 is 0 Å². The fraction of sp³-hybridized carbons (Fsp3) is 0.133. The summed E-state index contributed by atoms with van der Waals surface area (Å²) >= 11 is 0. The first kappa shape index (κ1) is 11.0. The third-order valence-electron chi connectivity index (χ3n) is 3.09. The Morgan fingerprint density at radius 1 is 1.06 bits per heavy atom. The van der Waals surface area contributed by atoms with Crippen molar-refractivity contribution in [3.8, 4) is 11.4 Å². The second-order valence-corrected chi connectivity index (χ2v) is 4.15. The fourth-order valence-corrected chi connectivity index (χ4v) is 2.24. The third-order valence-corrected chi connectivity index (χ3v) is 3.09. The molecular formula is C15H13FN2. The first-order chi connectivity index (χ1) is 8.81. The molecule has 3 rings (SSSR count). The van der Waals surface area contributed by atoms with E-state index in [9.17, 15) is 4.39 Å². The van der Waals surface area contributed by atoms with Gasteiger partial charge in [0.05, 0.1) is 16.6 Å². The van der Waals surface area contributed by atoms with Crippen molar-refractivity contribution in [3.05, 3.63) is 54.3 Å². The quantitative estimate of drug-likeness (QED) is 0.665. The number of imidazole rings is 1.